The molecule has 0 bridgehead atoms. The van der Waals surface area contributed by atoms with E-state index in [2.05, 4.69) is 4.99 Å². The Kier molecular flexibility index (Phi) is 4.14. The highest BCUT2D eigenvalue weighted by Gasteiger charge is 2.18. The monoisotopic (exact) mass is 186 g/mol. The molecule has 0 aromatic carbocycles. The molecule has 0 rings (SSSR count). The van der Waals surface area contributed by atoms with Gasteiger partial charge >= 0.3 is 6.09 Å². The average molecular weight is 186 g/mol. The second-order valence-electron chi connectivity index (χ2n) is 3.57. The minimum absolute atomic E-state index is 0.0294. The van der Waals surface area contributed by atoms with Crippen molar-refractivity contribution in [1.82, 2.24) is 4.90 Å². The fourth-order valence-corrected chi connectivity index (χ4v) is 0.533. The Morgan fingerprint density at radius 2 is 2.08 bits per heavy atom. The van der Waals surface area contributed by atoms with Crippen LogP contribution < -0.4 is 0 Å². The zero-order valence-corrected chi connectivity index (χ0v) is 8.33. The molecule has 0 aliphatic carbocycles. The van der Waals surface area contributed by atoms with Crippen molar-refractivity contribution in [3.63, 3.8) is 0 Å². The van der Waals surface area contributed by atoms with Crippen LogP contribution in [-0.2, 0) is 9.53 Å². The predicted molar refractivity (Wildman–Crippen MR) is 47.0 cm³/mol. The highest BCUT2D eigenvalue weighted by Crippen LogP contribution is 2.08. The Bertz CT molecular complexity index is 226. The van der Waals surface area contributed by atoms with E-state index in [0.29, 0.717) is 0 Å². The maximum absolute atomic E-state index is 11.2. The van der Waals surface area contributed by atoms with Crippen LogP contribution in [0.25, 0.3) is 0 Å². The number of hydrogen-bond donors (Lipinski definition) is 0. The predicted octanol–water partition coefficient (Wildman–Crippen LogP) is 1.15. The van der Waals surface area contributed by atoms with Gasteiger partial charge in [0, 0.05) is 7.05 Å². The van der Waals surface area contributed by atoms with Crippen molar-refractivity contribution in [2.45, 2.75) is 26.4 Å². The van der Waals surface area contributed by atoms with Crippen molar-refractivity contribution >= 4 is 12.2 Å². The molecule has 5 nitrogen and oxygen atoms in total. The van der Waals surface area contributed by atoms with E-state index in [-0.39, 0.29) is 6.67 Å². The van der Waals surface area contributed by atoms with E-state index in [4.69, 9.17) is 4.74 Å². The third kappa shape index (κ3) is 5.87. The molecule has 0 aromatic heterocycles. The molecule has 0 aromatic rings. The fraction of sp³-hybridized carbons (Fsp3) is 0.750. The SMILES string of the molecule is CN(CN=C=O)C(=O)OC(C)(C)C. The van der Waals surface area contributed by atoms with E-state index >= 15 is 0 Å². The van der Waals surface area contributed by atoms with Crippen molar-refractivity contribution < 1.29 is 14.3 Å². The Morgan fingerprint density at radius 3 is 2.46 bits per heavy atom. The largest absolute Gasteiger partial charge is 0.444 e. The van der Waals surface area contributed by atoms with Gasteiger partial charge in [-0.15, -0.1) is 0 Å². The molecule has 0 aliphatic heterocycles. The summed E-state index contributed by atoms with van der Waals surface area (Å²) in [6.45, 7) is 5.27. The van der Waals surface area contributed by atoms with Crippen LogP contribution in [0, 0.1) is 0 Å². The lowest BCUT2D eigenvalue weighted by Crippen LogP contribution is -2.34. The van der Waals surface area contributed by atoms with Gasteiger partial charge in [0.1, 0.15) is 12.3 Å². The van der Waals surface area contributed by atoms with Gasteiger partial charge in [0.05, 0.1) is 0 Å². The molecule has 13 heavy (non-hydrogen) atoms. The van der Waals surface area contributed by atoms with Crippen LogP contribution in [0.1, 0.15) is 20.8 Å². The van der Waals surface area contributed by atoms with E-state index in [1.54, 1.807) is 20.8 Å². The number of amides is 1. The number of carbonyl (C=O) groups is 1. The summed E-state index contributed by atoms with van der Waals surface area (Å²) in [6, 6.07) is 0. The molecule has 5 heteroatoms. The Balaban J connectivity index is 4.04. The van der Waals surface area contributed by atoms with Gasteiger partial charge in [-0.25, -0.2) is 9.59 Å². The number of nitrogens with zero attached hydrogens (tertiary/aromatic N) is 2. The molecule has 0 fully saturated rings. The summed E-state index contributed by atoms with van der Waals surface area (Å²) >= 11 is 0. The van der Waals surface area contributed by atoms with Gasteiger partial charge in [-0.1, -0.05) is 0 Å². The molecular weight excluding hydrogens is 172 g/mol. The summed E-state index contributed by atoms with van der Waals surface area (Å²) < 4.78 is 4.99. The molecule has 0 unspecified atom stereocenters. The molecule has 0 spiro atoms. The first kappa shape index (κ1) is 11.6. The maximum atomic E-state index is 11.2. The van der Waals surface area contributed by atoms with Gasteiger partial charge in [0.15, 0.2) is 0 Å². The standard InChI is InChI=1S/C8H14N2O3/c1-8(2,3)13-7(12)10(4)5-9-6-11/h5H2,1-4H3. The number of aliphatic imine (C=N–C) groups is 1. The van der Waals surface area contributed by atoms with Gasteiger partial charge in [0.25, 0.3) is 0 Å². The first-order valence-corrected chi connectivity index (χ1v) is 3.84. The maximum Gasteiger partial charge on any atom is 0.411 e. The zero-order chi connectivity index (χ0) is 10.5. The van der Waals surface area contributed by atoms with Crippen LogP contribution in [0.2, 0.25) is 0 Å². The van der Waals surface area contributed by atoms with Crippen molar-refractivity contribution in [1.29, 1.82) is 0 Å². The van der Waals surface area contributed by atoms with Crippen LogP contribution >= 0.6 is 0 Å². The molecule has 0 heterocycles. The summed E-state index contributed by atoms with van der Waals surface area (Å²) in [5.74, 6) is 0. The number of isocyanates is 1. The van der Waals surface area contributed by atoms with Crippen molar-refractivity contribution in [2.75, 3.05) is 13.7 Å². The van der Waals surface area contributed by atoms with Gasteiger partial charge < -0.3 is 4.74 Å². The number of rotatable bonds is 2. The highest BCUT2D eigenvalue weighted by molar-refractivity contribution is 5.67. The lowest BCUT2D eigenvalue weighted by atomic mass is 10.2. The smallest absolute Gasteiger partial charge is 0.411 e. The van der Waals surface area contributed by atoms with Crippen LogP contribution in [0.5, 0.6) is 0 Å². The summed E-state index contributed by atoms with van der Waals surface area (Å²) in [5, 5.41) is 0. The molecular formula is C8H14N2O3. The first-order valence-electron chi connectivity index (χ1n) is 3.84. The van der Waals surface area contributed by atoms with Crippen molar-refractivity contribution in [3.05, 3.63) is 0 Å². The summed E-state index contributed by atoms with van der Waals surface area (Å²) in [7, 11) is 1.49. The van der Waals surface area contributed by atoms with Gasteiger partial charge in [-0.3, -0.25) is 4.90 Å². The van der Waals surface area contributed by atoms with Crippen LogP contribution in [0.3, 0.4) is 0 Å². The summed E-state index contributed by atoms with van der Waals surface area (Å²) in [4.78, 5) is 25.4. The first-order chi connectivity index (χ1) is 5.87. The quantitative estimate of drug-likeness (QED) is 0.480. The van der Waals surface area contributed by atoms with E-state index in [1.165, 1.54) is 18.0 Å². The minimum atomic E-state index is -0.532. The van der Waals surface area contributed by atoms with Crippen molar-refractivity contribution in [3.8, 4) is 0 Å². The van der Waals surface area contributed by atoms with E-state index in [1.807, 2.05) is 0 Å². The van der Waals surface area contributed by atoms with Crippen LogP contribution in [-0.4, -0.2) is 36.4 Å². The third-order valence-electron chi connectivity index (χ3n) is 1.05. The highest BCUT2D eigenvalue weighted by atomic mass is 16.6. The average Bonchev–Trinajstić information content (AvgIpc) is 1.96. The normalized spacial score (nSPS) is 10.2. The van der Waals surface area contributed by atoms with E-state index < -0.39 is 11.7 Å². The molecule has 0 saturated carbocycles. The number of carbonyl (C=O) groups excluding carboxylic acids is 2. The second kappa shape index (κ2) is 4.62. The van der Waals surface area contributed by atoms with E-state index in [9.17, 15) is 9.59 Å². The summed E-state index contributed by atoms with van der Waals surface area (Å²) in [6.07, 6.45) is 0.834. The molecule has 1 amide bonds. The number of hydrogen-bond acceptors (Lipinski definition) is 4. The molecule has 0 aliphatic rings. The molecule has 0 N–H and O–H groups in total. The van der Waals surface area contributed by atoms with Crippen molar-refractivity contribution in [2.24, 2.45) is 4.99 Å². The molecule has 74 valence electrons. The fourth-order valence-electron chi connectivity index (χ4n) is 0.533. The van der Waals surface area contributed by atoms with Crippen LogP contribution in [0.15, 0.2) is 4.99 Å². The lowest BCUT2D eigenvalue weighted by molar-refractivity contribution is 0.0304. The Morgan fingerprint density at radius 1 is 1.54 bits per heavy atom. The van der Waals surface area contributed by atoms with Gasteiger partial charge in [-0.2, -0.15) is 4.99 Å². The van der Waals surface area contributed by atoms with Gasteiger partial charge in [-0.05, 0) is 20.8 Å². The Hall–Kier alpha value is -1.35. The second-order valence-corrected chi connectivity index (χ2v) is 3.57. The van der Waals surface area contributed by atoms with Crippen LogP contribution in [0.4, 0.5) is 4.79 Å². The summed E-state index contributed by atoms with van der Waals surface area (Å²) in [5.41, 5.74) is -0.532. The van der Waals surface area contributed by atoms with E-state index in [0.717, 1.165) is 0 Å². The topological polar surface area (TPSA) is 59.0 Å². The zero-order valence-electron chi connectivity index (χ0n) is 8.33. The molecule has 0 saturated heterocycles. The Labute approximate surface area is 77.4 Å². The van der Waals surface area contributed by atoms with Gasteiger partial charge in [0.2, 0.25) is 6.08 Å². The molecule has 0 radical (unpaired) electrons. The number of ether oxygens (including phenoxy) is 1. The lowest BCUT2D eigenvalue weighted by Gasteiger charge is -2.23. The minimum Gasteiger partial charge on any atom is -0.444 e. The molecule has 0 atom stereocenters. The third-order valence-corrected chi connectivity index (χ3v) is 1.05.